The molecule has 1 amide bonds. The minimum absolute atomic E-state index is 0.0274. The van der Waals surface area contributed by atoms with Crippen LogP contribution < -0.4 is 10.2 Å². The van der Waals surface area contributed by atoms with E-state index in [1.165, 1.54) is 18.5 Å². The molecular formula is C16H24N2O. The van der Waals surface area contributed by atoms with Crippen molar-refractivity contribution < 1.29 is 4.79 Å². The molecule has 1 aliphatic rings. The van der Waals surface area contributed by atoms with Gasteiger partial charge in [0.15, 0.2) is 0 Å². The van der Waals surface area contributed by atoms with Crippen LogP contribution in [0.15, 0.2) is 24.3 Å². The predicted octanol–water partition coefficient (Wildman–Crippen LogP) is 3.66. The maximum Gasteiger partial charge on any atom is 0.224 e. The first-order valence-electron chi connectivity index (χ1n) is 7.09. The van der Waals surface area contributed by atoms with E-state index in [2.05, 4.69) is 43.1 Å². The molecule has 104 valence electrons. The summed E-state index contributed by atoms with van der Waals surface area (Å²) in [6, 6.07) is 8.18. The van der Waals surface area contributed by atoms with E-state index >= 15 is 0 Å². The van der Waals surface area contributed by atoms with E-state index in [-0.39, 0.29) is 11.3 Å². The molecule has 1 saturated heterocycles. The summed E-state index contributed by atoms with van der Waals surface area (Å²) >= 11 is 0. The third kappa shape index (κ3) is 4.27. The summed E-state index contributed by atoms with van der Waals surface area (Å²) in [5, 5.41) is 2.96. The predicted molar refractivity (Wildman–Crippen MR) is 80.6 cm³/mol. The van der Waals surface area contributed by atoms with Gasteiger partial charge in [0.05, 0.1) is 0 Å². The fourth-order valence-electron chi connectivity index (χ4n) is 2.42. The van der Waals surface area contributed by atoms with Gasteiger partial charge in [-0.1, -0.05) is 20.8 Å². The molecule has 1 fully saturated rings. The Morgan fingerprint density at radius 1 is 1.16 bits per heavy atom. The van der Waals surface area contributed by atoms with Crippen molar-refractivity contribution in [3.63, 3.8) is 0 Å². The summed E-state index contributed by atoms with van der Waals surface area (Å²) < 4.78 is 0. The van der Waals surface area contributed by atoms with Crippen LogP contribution in [0, 0.1) is 5.41 Å². The first-order valence-corrected chi connectivity index (χ1v) is 7.09. The minimum Gasteiger partial charge on any atom is -0.372 e. The van der Waals surface area contributed by atoms with Crippen molar-refractivity contribution in [1.82, 2.24) is 0 Å². The van der Waals surface area contributed by atoms with E-state index in [9.17, 15) is 4.79 Å². The highest BCUT2D eigenvalue weighted by Crippen LogP contribution is 2.23. The highest BCUT2D eigenvalue weighted by molar-refractivity contribution is 5.91. The number of carbonyl (C=O) groups is 1. The van der Waals surface area contributed by atoms with Gasteiger partial charge < -0.3 is 10.2 Å². The van der Waals surface area contributed by atoms with Gasteiger partial charge in [-0.2, -0.15) is 0 Å². The first-order chi connectivity index (χ1) is 8.94. The van der Waals surface area contributed by atoms with Crippen molar-refractivity contribution in [3.8, 4) is 0 Å². The van der Waals surface area contributed by atoms with Crippen molar-refractivity contribution in [3.05, 3.63) is 24.3 Å². The van der Waals surface area contributed by atoms with Crippen LogP contribution in [0.25, 0.3) is 0 Å². The van der Waals surface area contributed by atoms with Gasteiger partial charge >= 0.3 is 0 Å². The van der Waals surface area contributed by atoms with E-state index in [1.54, 1.807) is 0 Å². The number of benzene rings is 1. The third-order valence-electron chi connectivity index (χ3n) is 3.31. The molecule has 3 heteroatoms. The Morgan fingerprint density at radius 2 is 1.74 bits per heavy atom. The average Bonchev–Trinajstić information content (AvgIpc) is 2.80. The summed E-state index contributed by atoms with van der Waals surface area (Å²) in [4.78, 5) is 14.2. The standard InChI is InChI=1S/C16H24N2O/c1-16(2,3)12-15(19)17-13-6-8-14(9-7-13)18-10-4-5-11-18/h6-9H,4-5,10-12H2,1-3H3,(H,17,19). The highest BCUT2D eigenvalue weighted by Gasteiger charge is 2.16. The van der Waals surface area contributed by atoms with E-state index in [4.69, 9.17) is 0 Å². The van der Waals surface area contributed by atoms with E-state index in [0.29, 0.717) is 6.42 Å². The van der Waals surface area contributed by atoms with Crippen LogP contribution in [0.2, 0.25) is 0 Å². The van der Waals surface area contributed by atoms with Crippen LogP contribution in [-0.2, 0) is 4.79 Å². The maximum absolute atomic E-state index is 11.8. The molecular weight excluding hydrogens is 236 g/mol. The monoisotopic (exact) mass is 260 g/mol. The first kappa shape index (κ1) is 13.9. The van der Waals surface area contributed by atoms with Gasteiger partial charge in [-0.3, -0.25) is 4.79 Å². The molecule has 0 bridgehead atoms. The van der Waals surface area contributed by atoms with Crippen molar-refractivity contribution in [2.75, 3.05) is 23.3 Å². The molecule has 1 aromatic carbocycles. The summed E-state index contributed by atoms with van der Waals surface area (Å²) in [5.74, 6) is 0.0847. The lowest BCUT2D eigenvalue weighted by molar-refractivity contribution is -0.117. The van der Waals surface area contributed by atoms with Crippen LogP contribution in [0.4, 0.5) is 11.4 Å². The zero-order valence-corrected chi connectivity index (χ0v) is 12.2. The van der Waals surface area contributed by atoms with Crippen molar-refractivity contribution in [2.45, 2.75) is 40.0 Å². The Bertz CT molecular complexity index is 425. The molecule has 0 atom stereocenters. The summed E-state index contributed by atoms with van der Waals surface area (Å²) in [6.45, 7) is 8.51. The van der Waals surface area contributed by atoms with Crippen LogP contribution in [0.5, 0.6) is 0 Å². The number of hydrogen-bond acceptors (Lipinski definition) is 2. The molecule has 0 saturated carbocycles. The van der Waals surface area contributed by atoms with Gasteiger partial charge in [-0.15, -0.1) is 0 Å². The lowest BCUT2D eigenvalue weighted by Gasteiger charge is -2.19. The van der Waals surface area contributed by atoms with Crippen LogP contribution in [-0.4, -0.2) is 19.0 Å². The number of carbonyl (C=O) groups excluding carboxylic acids is 1. The average molecular weight is 260 g/mol. The summed E-state index contributed by atoms with van der Waals surface area (Å²) in [7, 11) is 0. The van der Waals surface area contributed by atoms with E-state index in [0.717, 1.165) is 18.8 Å². The molecule has 0 spiro atoms. The quantitative estimate of drug-likeness (QED) is 0.899. The van der Waals surface area contributed by atoms with Crippen LogP contribution >= 0.6 is 0 Å². The lowest BCUT2D eigenvalue weighted by Crippen LogP contribution is -2.20. The molecule has 1 N–H and O–H groups in total. The Morgan fingerprint density at radius 3 is 2.26 bits per heavy atom. The SMILES string of the molecule is CC(C)(C)CC(=O)Nc1ccc(N2CCCC2)cc1. The third-order valence-corrected chi connectivity index (χ3v) is 3.31. The molecule has 0 unspecified atom stereocenters. The maximum atomic E-state index is 11.8. The zero-order chi connectivity index (χ0) is 13.9. The second-order valence-electron chi connectivity index (χ2n) is 6.53. The van der Waals surface area contributed by atoms with Crippen molar-refractivity contribution in [2.24, 2.45) is 5.41 Å². The Labute approximate surface area is 116 Å². The van der Waals surface area contributed by atoms with E-state index < -0.39 is 0 Å². The molecule has 1 heterocycles. The zero-order valence-electron chi connectivity index (χ0n) is 12.2. The topological polar surface area (TPSA) is 32.3 Å². The molecule has 0 radical (unpaired) electrons. The number of nitrogens with one attached hydrogen (secondary N) is 1. The van der Waals surface area contributed by atoms with Crippen molar-refractivity contribution in [1.29, 1.82) is 0 Å². The molecule has 19 heavy (non-hydrogen) atoms. The van der Waals surface area contributed by atoms with Crippen LogP contribution in [0.3, 0.4) is 0 Å². The van der Waals surface area contributed by atoms with Gasteiger partial charge in [0.2, 0.25) is 5.91 Å². The number of nitrogens with zero attached hydrogens (tertiary/aromatic N) is 1. The lowest BCUT2D eigenvalue weighted by atomic mass is 9.92. The Hall–Kier alpha value is -1.51. The fourth-order valence-corrected chi connectivity index (χ4v) is 2.42. The van der Waals surface area contributed by atoms with Crippen LogP contribution in [0.1, 0.15) is 40.0 Å². The Balaban J connectivity index is 1.93. The largest absolute Gasteiger partial charge is 0.372 e. The number of amides is 1. The summed E-state index contributed by atoms with van der Waals surface area (Å²) in [5.41, 5.74) is 2.17. The Kier molecular flexibility index (Phi) is 4.13. The fraction of sp³-hybridized carbons (Fsp3) is 0.562. The second-order valence-corrected chi connectivity index (χ2v) is 6.53. The molecule has 2 rings (SSSR count). The smallest absolute Gasteiger partial charge is 0.224 e. The molecule has 3 nitrogen and oxygen atoms in total. The number of anilines is 2. The minimum atomic E-state index is 0.0274. The van der Waals surface area contributed by atoms with E-state index in [1.807, 2.05) is 12.1 Å². The van der Waals surface area contributed by atoms with Gasteiger partial charge in [0.25, 0.3) is 0 Å². The molecule has 1 aromatic rings. The normalized spacial score (nSPS) is 15.6. The molecule has 0 aromatic heterocycles. The highest BCUT2D eigenvalue weighted by atomic mass is 16.1. The van der Waals surface area contributed by atoms with Gasteiger partial charge in [0, 0.05) is 30.9 Å². The second kappa shape index (κ2) is 5.64. The van der Waals surface area contributed by atoms with Crippen molar-refractivity contribution >= 4 is 17.3 Å². The number of rotatable bonds is 3. The molecule has 0 aliphatic carbocycles. The van der Waals surface area contributed by atoms with Gasteiger partial charge in [0.1, 0.15) is 0 Å². The molecule has 1 aliphatic heterocycles. The summed E-state index contributed by atoms with van der Waals surface area (Å²) in [6.07, 6.45) is 3.11. The van der Waals surface area contributed by atoms with Gasteiger partial charge in [-0.25, -0.2) is 0 Å². The number of hydrogen-bond donors (Lipinski definition) is 1. The van der Waals surface area contributed by atoms with Gasteiger partial charge in [-0.05, 0) is 42.5 Å².